The molecule has 2 N–H and O–H groups in total. The molecule has 0 spiro atoms. The van der Waals surface area contributed by atoms with E-state index in [2.05, 4.69) is 16.8 Å². The lowest BCUT2D eigenvalue weighted by atomic mass is 10.1. The fourth-order valence-corrected chi connectivity index (χ4v) is 5.90. The summed E-state index contributed by atoms with van der Waals surface area (Å²) in [7, 11) is 0. The van der Waals surface area contributed by atoms with Gasteiger partial charge < -0.3 is 20.3 Å². The summed E-state index contributed by atoms with van der Waals surface area (Å²) in [5.74, 6) is 0.233. The smallest absolute Gasteiger partial charge is 0.282 e. The number of hydrogen-bond donors (Lipinski definition) is 1. The van der Waals surface area contributed by atoms with Crippen molar-refractivity contribution in [1.82, 2.24) is 19.8 Å². The summed E-state index contributed by atoms with van der Waals surface area (Å²) in [5, 5.41) is 3.38. The number of nitrogens with two attached hydrogens (primary N) is 1. The normalized spacial score (nSPS) is 14.5. The summed E-state index contributed by atoms with van der Waals surface area (Å²) < 4.78 is 5.94. The number of aromatic nitrogens is 2. The topological polar surface area (TPSA) is 102 Å². The van der Waals surface area contributed by atoms with E-state index in [4.69, 9.17) is 15.5 Å². The molecule has 1 aromatic carbocycles. The van der Waals surface area contributed by atoms with Crippen molar-refractivity contribution in [2.45, 2.75) is 40.2 Å². The van der Waals surface area contributed by atoms with Crippen molar-refractivity contribution >= 4 is 34.5 Å². The van der Waals surface area contributed by atoms with E-state index in [1.165, 1.54) is 22.7 Å². The third-order valence-electron chi connectivity index (χ3n) is 5.92. The van der Waals surface area contributed by atoms with Gasteiger partial charge in [-0.2, -0.15) is 0 Å². The number of thiazole rings is 2. The molecule has 1 saturated heterocycles. The maximum atomic E-state index is 13.0. The summed E-state index contributed by atoms with van der Waals surface area (Å²) in [5.41, 5.74) is 8.41. The van der Waals surface area contributed by atoms with Crippen molar-refractivity contribution in [3.63, 3.8) is 0 Å². The molecule has 10 heteroatoms. The van der Waals surface area contributed by atoms with E-state index in [1.807, 2.05) is 31.1 Å². The standard InChI is InChI=1S/C25H31N5O3S2/c1-5-29-8-10-30(11-9-29)25(32)24-27-16(4)22(35-24)19-14-34-21(28-19)13-18-12-17(23(26)31)6-7-20(18)33-15(2)3/h6-7,12,14-15H,5,8-11,13H2,1-4H3,(H2,26,31). The van der Waals surface area contributed by atoms with Crippen molar-refractivity contribution in [2.24, 2.45) is 5.73 Å². The van der Waals surface area contributed by atoms with Crippen molar-refractivity contribution < 1.29 is 14.3 Å². The molecule has 1 fully saturated rings. The first kappa shape index (κ1) is 25.3. The van der Waals surface area contributed by atoms with Gasteiger partial charge in [0.1, 0.15) is 5.75 Å². The van der Waals surface area contributed by atoms with E-state index in [0.717, 1.165) is 59.6 Å². The molecule has 3 heterocycles. The number of carbonyl (C=O) groups excluding carboxylic acids is 2. The number of aryl methyl sites for hydroxylation is 1. The average Bonchev–Trinajstić information content (AvgIpc) is 3.45. The Hall–Kier alpha value is -2.82. The van der Waals surface area contributed by atoms with E-state index >= 15 is 0 Å². The minimum atomic E-state index is -0.476. The Morgan fingerprint density at radius 3 is 2.57 bits per heavy atom. The van der Waals surface area contributed by atoms with Gasteiger partial charge in [-0.25, -0.2) is 9.97 Å². The number of hydrogen-bond acceptors (Lipinski definition) is 8. The number of rotatable bonds is 8. The fourth-order valence-electron chi connectivity index (χ4n) is 4.03. The lowest BCUT2D eigenvalue weighted by Crippen LogP contribution is -2.48. The predicted octanol–water partition coefficient (Wildman–Crippen LogP) is 3.83. The Morgan fingerprint density at radius 2 is 1.91 bits per heavy atom. The Morgan fingerprint density at radius 1 is 1.17 bits per heavy atom. The monoisotopic (exact) mass is 513 g/mol. The van der Waals surface area contributed by atoms with Crippen LogP contribution in [-0.2, 0) is 6.42 Å². The molecule has 2 amide bonds. The van der Waals surface area contributed by atoms with Crippen LogP contribution in [-0.4, -0.2) is 70.4 Å². The molecule has 4 rings (SSSR count). The number of carbonyl (C=O) groups is 2. The van der Waals surface area contributed by atoms with E-state index < -0.39 is 5.91 Å². The minimum Gasteiger partial charge on any atom is -0.491 e. The molecule has 0 saturated carbocycles. The van der Waals surface area contributed by atoms with Crippen LogP contribution in [0.15, 0.2) is 23.6 Å². The molecular weight excluding hydrogens is 482 g/mol. The third-order valence-corrected chi connectivity index (χ3v) is 7.94. The summed E-state index contributed by atoms with van der Waals surface area (Å²) >= 11 is 2.93. The van der Waals surface area contributed by atoms with Crippen LogP contribution in [0.2, 0.25) is 0 Å². The molecular formula is C25H31N5O3S2. The van der Waals surface area contributed by atoms with Crippen molar-refractivity contribution in [3.05, 3.63) is 50.4 Å². The van der Waals surface area contributed by atoms with Gasteiger partial charge >= 0.3 is 0 Å². The van der Waals surface area contributed by atoms with Crippen LogP contribution in [0, 0.1) is 6.92 Å². The van der Waals surface area contributed by atoms with E-state index in [0.29, 0.717) is 22.7 Å². The quantitative estimate of drug-likeness (QED) is 0.491. The first-order valence-electron chi connectivity index (χ1n) is 11.8. The molecule has 35 heavy (non-hydrogen) atoms. The first-order valence-corrected chi connectivity index (χ1v) is 13.5. The largest absolute Gasteiger partial charge is 0.491 e. The number of piperazine rings is 1. The summed E-state index contributed by atoms with van der Waals surface area (Å²) in [6.07, 6.45) is 0.514. The summed E-state index contributed by atoms with van der Waals surface area (Å²) in [6.45, 7) is 12.2. The van der Waals surface area contributed by atoms with Gasteiger partial charge in [-0.3, -0.25) is 9.59 Å². The van der Waals surface area contributed by atoms with E-state index in [9.17, 15) is 9.59 Å². The number of primary amides is 1. The molecule has 3 aromatic rings. The molecule has 2 aromatic heterocycles. The number of ether oxygens (including phenoxy) is 1. The van der Waals surface area contributed by atoms with Crippen LogP contribution in [0.3, 0.4) is 0 Å². The van der Waals surface area contributed by atoms with Crippen molar-refractivity contribution in [3.8, 4) is 16.3 Å². The fraction of sp³-hybridized carbons (Fsp3) is 0.440. The van der Waals surface area contributed by atoms with Gasteiger partial charge in [0.25, 0.3) is 5.91 Å². The van der Waals surface area contributed by atoms with Gasteiger partial charge in [0.05, 0.1) is 27.4 Å². The van der Waals surface area contributed by atoms with E-state index in [1.54, 1.807) is 18.2 Å². The Labute approximate surface area is 213 Å². The highest BCUT2D eigenvalue weighted by molar-refractivity contribution is 7.17. The Kier molecular flexibility index (Phi) is 7.83. The van der Waals surface area contributed by atoms with Crippen molar-refractivity contribution in [2.75, 3.05) is 32.7 Å². The van der Waals surface area contributed by atoms with Gasteiger partial charge in [-0.1, -0.05) is 6.92 Å². The molecule has 1 aliphatic heterocycles. The number of amides is 2. The minimum absolute atomic E-state index is 0.000726. The molecule has 0 aliphatic carbocycles. The van der Waals surface area contributed by atoms with Gasteiger partial charge in [0.15, 0.2) is 5.01 Å². The van der Waals surface area contributed by atoms with E-state index in [-0.39, 0.29) is 12.0 Å². The van der Waals surface area contributed by atoms with Crippen LogP contribution in [0.4, 0.5) is 0 Å². The van der Waals surface area contributed by atoms with Gasteiger partial charge in [-0.05, 0) is 45.5 Å². The van der Waals surface area contributed by atoms with Gasteiger partial charge in [0, 0.05) is 49.1 Å². The Bertz CT molecular complexity index is 1210. The SMILES string of the molecule is CCN1CCN(C(=O)c2nc(C)c(-c3csc(Cc4cc(C(N)=O)ccc4OC(C)C)n3)s2)CC1. The molecule has 8 nitrogen and oxygen atoms in total. The molecule has 0 unspecified atom stereocenters. The highest BCUT2D eigenvalue weighted by atomic mass is 32.1. The molecule has 0 radical (unpaired) electrons. The second kappa shape index (κ2) is 10.8. The predicted molar refractivity (Wildman–Crippen MR) is 140 cm³/mol. The molecule has 0 atom stereocenters. The molecule has 1 aliphatic rings. The number of likely N-dealkylation sites (N-methyl/N-ethyl adjacent to an activating group) is 1. The molecule has 0 bridgehead atoms. The van der Waals surface area contributed by atoms with Crippen LogP contribution >= 0.6 is 22.7 Å². The maximum absolute atomic E-state index is 13.0. The lowest BCUT2D eigenvalue weighted by Gasteiger charge is -2.33. The average molecular weight is 514 g/mol. The van der Waals surface area contributed by atoms with Gasteiger partial charge in [-0.15, -0.1) is 22.7 Å². The van der Waals surface area contributed by atoms with Gasteiger partial charge in [0.2, 0.25) is 5.91 Å². The third kappa shape index (κ3) is 5.88. The zero-order valence-electron chi connectivity index (χ0n) is 20.5. The van der Waals surface area contributed by atoms with Crippen molar-refractivity contribution in [1.29, 1.82) is 0 Å². The second-order valence-electron chi connectivity index (χ2n) is 8.82. The summed E-state index contributed by atoms with van der Waals surface area (Å²) in [4.78, 5) is 39.3. The van der Waals surface area contributed by atoms with Crippen LogP contribution in [0.25, 0.3) is 10.6 Å². The van der Waals surface area contributed by atoms with Crippen LogP contribution in [0.1, 0.15) is 57.2 Å². The Balaban J connectivity index is 1.53. The lowest BCUT2D eigenvalue weighted by molar-refractivity contribution is 0.0642. The van der Waals surface area contributed by atoms with Crippen LogP contribution in [0.5, 0.6) is 5.75 Å². The highest BCUT2D eigenvalue weighted by Gasteiger charge is 2.25. The zero-order valence-corrected chi connectivity index (χ0v) is 22.2. The second-order valence-corrected chi connectivity index (χ2v) is 10.8. The van der Waals surface area contributed by atoms with Crippen LogP contribution < -0.4 is 10.5 Å². The zero-order chi connectivity index (χ0) is 25.1. The molecule has 186 valence electrons. The number of benzene rings is 1. The number of nitrogens with zero attached hydrogens (tertiary/aromatic N) is 4. The summed E-state index contributed by atoms with van der Waals surface area (Å²) in [6, 6.07) is 5.24. The first-order chi connectivity index (χ1) is 16.7. The highest BCUT2D eigenvalue weighted by Crippen LogP contribution is 2.33. The maximum Gasteiger partial charge on any atom is 0.282 e.